The molecule has 3 nitrogen and oxygen atoms in total. The smallest absolute Gasteiger partial charge is 0.119 e. The Morgan fingerprint density at radius 3 is 2.43 bits per heavy atom. The van der Waals surface area contributed by atoms with E-state index in [1.807, 2.05) is 36.4 Å². The fraction of sp³-hybridized carbons (Fsp3) is 0.333. The fourth-order valence-corrected chi connectivity index (χ4v) is 2.47. The van der Waals surface area contributed by atoms with Crippen LogP contribution in [-0.4, -0.2) is 18.8 Å². The second-order valence-electron chi connectivity index (χ2n) is 5.14. The van der Waals surface area contributed by atoms with Gasteiger partial charge in [0.1, 0.15) is 5.75 Å². The lowest BCUT2D eigenvalue weighted by Crippen LogP contribution is -2.25. The first-order chi connectivity index (χ1) is 10.2. The van der Waals surface area contributed by atoms with Gasteiger partial charge in [0.15, 0.2) is 0 Å². The lowest BCUT2D eigenvalue weighted by Gasteiger charge is -2.24. The van der Waals surface area contributed by atoms with E-state index in [1.54, 1.807) is 7.11 Å². The molecule has 2 N–H and O–H groups in total. The molecule has 21 heavy (non-hydrogen) atoms. The molecule has 0 spiro atoms. The van der Waals surface area contributed by atoms with Crippen LogP contribution >= 0.6 is 0 Å². The molecule has 112 valence electrons. The lowest BCUT2D eigenvalue weighted by atomic mass is 10.0. The molecule has 0 amide bonds. The van der Waals surface area contributed by atoms with Crippen LogP contribution in [0, 0.1) is 0 Å². The van der Waals surface area contributed by atoms with E-state index in [-0.39, 0.29) is 18.7 Å². The maximum Gasteiger partial charge on any atom is 0.119 e. The van der Waals surface area contributed by atoms with Crippen molar-refractivity contribution in [1.82, 2.24) is 5.32 Å². The molecular formula is C18H23NO2. The molecular weight excluding hydrogens is 262 g/mol. The van der Waals surface area contributed by atoms with Gasteiger partial charge in [-0.15, -0.1) is 0 Å². The van der Waals surface area contributed by atoms with Crippen LogP contribution in [0.3, 0.4) is 0 Å². The minimum absolute atomic E-state index is 0.136. The molecule has 0 heterocycles. The number of rotatable bonds is 7. The van der Waals surface area contributed by atoms with Crippen LogP contribution in [-0.2, 0) is 0 Å². The maximum absolute atomic E-state index is 9.30. The molecule has 0 saturated carbocycles. The number of benzene rings is 2. The first kappa shape index (κ1) is 15.5. The van der Waals surface area contributed by atoms with Gasteiger partial charge in [-0.05, 0) is 36.6 Å². The van der Waals surface area contributed by atoms with Gasteiger partial charge in [0.2, 0.25) is 0 Å². The van der Waals surface area contributed by atoms with Crippen molar-refractivity contribution in [2.24, 2.45) is 0 Å². The van der Waals surface area contributed by atoms with Crippen LogP contribution in [0.4, 0.5) is 0 Å². The van der Waals surface area contributed by atoms with E-state index < -0.39 is 0 Å². The summed E-state index contributed by atoms with van der Waals surface area (Å²) in [6.07, 6.45) is 0.693. The number of methoxy groups -OCH3 is 1. The molecule has 0 saturated heterocycles. The van der Waals surface area contributed by atoms with E-state index >= 15 is 0 Å². The number of nitrogens with one attached hydrogen (secondary N) is 1. The summed E-state index contributed by atoms with van der Waals surface area (Å²) in [5, 5.41) is 12.9. The normalized spacial score (nSPS) is 13.7. The average Bonchev–Trinajstić information content (AvgIpc) is 2.55. The van der Waals surface area contributed by atoms with E-state index in [2.05, 4.69) is 30.4 Å². The van der Waals surface area contributed by atoms with Crippen molar-refractivity contribution in [2.45, 2.75) is 25.4 Å². The molecule has 1 unspecified atom stereocenters. The van der Waals surface area contributed by atoms with Crippen molar-refractivity contribution in [2.75, 3.05) is 13.7 Å². The van der Waals surface area contributed by atoms with Gasteiger partial charge in [-0.2, -0.15) is 0 Å². The molecule has 0 aliphatic rings. The van der Waals surface area contributed by atoms with Crippen molar-refractivity contribution < 1.29 is 9.84 Å². The summed E-state index contributed by atoms with van der Waals surface area (Å²) in [5.74, 6) is 0.861. The molecule has 0 radical (unpaired) electrons. The summed E-state index contributed by atoms with van der Waals surface area (Å²) in [6.45, 7) is 2.29. The van der Waals surface area contributed by atoms with Crippen LogP contribution in [0.5, 0.6) is 5.75 Å². The highest BCUT2D eigenvalue weighted by molar-refractivity contribution is 5.30. The third kappa shape index (κ3) is 4.31. The molecule has 2 rings (SSSR count). The number of hydrogen-bond acceptors (Lipinski definition) is 3. The molecule has 2 atom stereocenters. The topological polar surface area (TPSA) is 41.5 Å². The molecule has 3 heteroatoms. The van der Waals surface area contributed by atoms with Gasteiger partial charge in [0.05, 0.1) is 7.11 Å². The minimum atomic E-state index is 0.136. The van der Waals surface area contributed by atoms with Crippen LogP contribution < -0.4 is 10.1 Å². The van der Waals surface area contributed by atoms with Crippen molar-refractivity contribution >= 4 is 0 Å². The van der Waals surface area contributed by atoms with Gasteiger partial charge in [0.25, 0.3) is 0 Å². The van der Waals surface area contributed by atoms with Gasteiger partial charge in [0, 0.05) is 18.7 Å². The fourth-order valence-electron chi connectivity index (χ4n) is 2.47. The van der Waals surface area contributed by atoms with Crippen LogP contribution in [0.1, 0.15) is 36.6 Å². The summed E-state index contributed by atoms with van der Waals surface area (Å²) < 4.78 is 5.27. The number of aliphatic hydroxyl groups excluding tert-OH is 1. The summed E-state index contributed by atoms with van der Waals surface area (Å²) in [4.78, 5) is 0. The molecule has 0 aromatic heterocycles. The summed E-state index contributed by atoms with van der Waals surface area (Å²) >= 11 is 0. The van der Waals surface area contributed by atoms with Crippen molar-refractivity contribution in [3.63, 3.8) is 0 Å². The Morgan fingerprint density at radius 2 is 1.76 bits per heavy atom. The second kappa shape index (κ2) is 7.81. The number of ether oxygens (including phenoxy) is 1. The summed E-state index contributed by atoms with van der Waals surface area (Å²) in [7, 11) is 1.68. The SMILES string of the molecule is COc1cccc(C(C)N[C@H](CCO)c2ccccc2)c1. The molecule has 0 aliphatic carbocycles. The zero-order chi connectivity index (χ0) is 15.1. The van der Waals surface area contributed by atoms with E-state index in [0.29, 0.717) is 6.42 Å². The molecule has 0 fully saturated rings. The molecule has 0 aliphatic heterocycles. The number of hydrogen-bond donors (Lipinski definition) is 2. The first-order valence-electron chi connectivity index (χ1n) is 7.30. The molecule has 2 aromatic rings. The predicted molar refractivity (Wildman–Crippen MR) is 85.4 cm³/mol. The van der Waals surface area contributed by atoms with Crippen molar-refractivity contribution in [1.29, 1.82) is 0 Å². The first-order valence-corrected chi connectivity index (χ1v) is 7.30. The highest BCUT2D eigenvalue weighted by atomic mass is 16.5. The highest BCUT2D eigenvalue weighted by Gasteiger charge is 2.15. The monoisotopic (exact) mass is 285 g/mol. The molecule has 0 bridgehead atoms. The Bertz CT molecular complexity index is 542. The maximum atomic E-state index is 9.30. The summed E-state index contributed by atoms with van der Waals surface area (Å²) in [6, 6.07) is 18.6. The minimum Gasteiger partial charge on any atom is -0.497 e. The standard InChI is InChI=1S/C18H23NO2/c1-14(16-9-6-10-17(13-16)21-2)19-18(11-12-20)15-7-4-3-5-8-15/h3-10,13-14,18-20H,11-12H2,1-2H3/t14?,18-/m1/s1. The van der Waals surface area contributed by atoms with E-state index in [1.165, 1.54) is 11.1 Å². The Morgan fingerprint density at radius 1 is 1.05 bits per heavy atom. The summed E-state index contributed by atoms with van der Waals surface area (Å²) in [5.41, 5.74) is 2.37. The van der Waals surface area contributed by atoms with Crippen LogP contribution in [0.15, 0.2) is 54.6 Å². The van der Waals surface area contributed by atoms with Gasteiger partial charge >= 0.3 is 0 Å². The Kier molecular flexibility index (Phi) is 5.78. The van der Waals surface area contributed by atoms with E-state index in [9.17, 15) is 5.11 Å². The van der Waals surface area contributed by atoms with Gasteiger partial charge in [-0.25, -0.2) is 0 Å². The van der Waals surface area contributed by atoms with E-state index in [4.69, 9.17) is 4.74 Å². The highest BCUT2D eigenvalue weighted by Crippen LogP contribution is 2.24. The van der Waals surface area contributed by atoms with E-state index in [0.717, 1.165) is 5.75 Å². The van der Waals surface area contributed by atoms with Crippen molar-refractivity contribution in [3.8, 4) is 5.75 Å². The van der Waals surface area contributed by atoms with Gasteiger partial charge < -0.3 is 15.2 Å². The Balaban J connectivity index is 2.12. The largest absolute Gasteiger partial charge is 0.497 e. The zero-order valence-corrected chi connectivity index (χ0v) is 12.6. The van der Waals surface area contributed by atoms with Gasteiger partial charge in [-0.1, -0.05) is 42.5 Å². The predicted octanol–water partition coefficient (Wildman–Crippen LogP) is 3.47. The van der Waals surface area contributed by atoms with Gasteiger partial charge in [-0.3, -0.25) is 0 Å². The zero-order valence-electron chi connectivity index (χ0n) is 12.6. The number of aliphatic hydroxyl groups is 1. The van der Waals surface area contributed by atoms with Crippen molar-refractivity contribution in [3.05, 3.63) is 65.7 Å². The lowest BCUT2D eigenvalue weighted by molar-refractivity contribution is 0.260. The van der Waals surface area contributed by atoms with Crippen LogP contribution in [0.2, 0.25) is 0 Å². The third-order valence-electron chi connectivity index (χ3n) is 3.66. The Hall–Kier alpha value is -1.84. The van der Waals surface area contributed by atoms with Crippen LogP contribution in [0.25, 0.3) is 0 Å². The molecule has 2 aromatic carbocycles. The quantitative estimate of drug-likeness (QED) is 0.818. The average molecular weight is 285 g/mol. The third-order valence-corrected chi connectivity index (χ3v) is 3.66. The second-order valence-corrected chi connectivity index (χ2v) is 5.14. The Labute approximate surface area is 126 Å².